The van der Waals surface area contributed by atoms with E-state index in [1.807, 2.05) is 0 Å². The summed E-state index contributed by atoms with van der Waals surface area (Å²) in [5, 5.41) is 13.7. The van der Waals surface area contributed by atoms with Crippen molar-refractivity contribution in [2.24, 2.45) is 0 Å². The van der Waals surface area contributed by atoms with E-state index in [-0.39, 0.29) is 5.95 Å². The SMILES string of the molecule is Nc1nnc(-c2cn[nH]c2)n1N. The molecule has 0 spiro atoms. The fraction of sp³-hybridized carbons (Fsp3) is 0. The first-order valence-corrected chi connectivity index (χ1v) is 3.24. The van der Waals surface area contributed by atoms with Gasteiger partial charge in [-0.15, -0.1) is 10.2 Å². The molecule has 7 nitrogen and oxygen atoms in total. The highest BCUT2D eigenvalue weighted by molar-refractivity contribution is 5.54. The number of nitrogens with two attached hydrogens (primary N) is 2. The predicted molar refractivity (Wildman–Crippen MR) is 42.2 cm³/mol. The van der Waals surface area contributed by atoms with E-state index in [4.69, 9.17) is 11.6 Å². The smallest absolute Gasteiger partial charge is 0.241 e. The van der Waals surface area contributed by atoms with Gasteiger partial charge in [0.05, 0.1) is 11.8 Å². The van der Waals surface area contributed by atoms with Gasteiger partial charge in [-0.05, 0) is 0 Å². The molecule has 2 aromatic heterocycles. The van der Waals surface area contributed by atoms with Crippen molar-refractivity contribution >= 4 is 5.95 Å². The molecular formula is C5H7N7. The maximum Gasteiger partial charge on any atom is 0.241 e. The number of nitrogen functional groups attached to an aromatic ring is 2. The fourth-order valence-electron chi connectivity index (χ4n) is 0.873. The third-order valence-electron chi connectivity index (χ3n) is 1.48. The molecular weight excluding hydrogens is 158 g/mol. The molecule has 2 heterocycles. The van der Waals surface area contributed by atoms with Crippen LogP contribution in [-0.4, -0.2) is 25.1 Å². The van der Waals surface area contributed by atoms with Crippen LogP contribution in [0.5, 0.6) is 0 Å². The van der Waals surface area contributed by atoms with Crippen molar-refractivity contribution in [1.82, 2.24) is 25.1 Å². The van der Waals surface area contributed by atoms with E-state index in [2.05, 4.69) is 20.4 Å². The van der Waals surface area contributed by atoms with Crippen molar-refractivity contribution in [3.05, 3.63) is 12.4 Å². The molecule has 0 atom stereocenters. The average molecular weight is 165 g/mol. The lowest BCUT2D eigenvalue weighted by atomic mass is 10.3. The molecule has 0 saturated carbocycles. The summed E-state index contributed by atoms with van der Waals surface area (Å²) >= 11 is 0. The van der Waals surface area contributed by atoms with Crippen molar-refractivity contribution in [1.29, 1.82) is 0 Å². The number of aromatic amines is 1. The Labute approximate surface area is 67.4 Å². The Bertz CT molecular complexity index is 372. The second kappa shape index (κ2) is 2.22. The van der Waals surface area contributed by atoms with Crippen molar-refractivity contribution in [3.63, 3.8) is 0 Å². The molecule has 2 aromatic rings. The molecule has 7 heteroatoms. The average Bonchev–Trinajstić information content (AvgIpc) is 2.64. The summed E-state index contributed by atoms with van der Waals surface area (Å²) in [6.45, 7) is 0. The molecule has 12 heavy (non-hydrogen) atoms. The normalized spacial score (nSPS) is 10.3. The van der Waals surface area contributed by atoms with Crippen LogP contribution in [0.4, 0.5) is 5.95 Å². The van der Waals surface area contributed by atoms with Crippen LogP contribution in [0.2, 0.25) is 0 Å². The van der Waals surface area contributed by atoms with E-state index >= 15 is 0 Å². The standard InChI is InChI=1S/C5H7N7/c6-5-11-10-4(12(5)7)3-1-8-9-2-3/h1-2H,7H2,(H2,6,11)(H,8,9). The molecule has 0 aliphatic carbocycles. The minimum atomic E-state index is 0.172. The van der Waals surface area contributed by atoms with Gasteiger partial charge in [0.1, 0.15) is 0 Å². The zero-order valence-electron chi connectivity index (χ0n) is 6.10. The summed E-state index contributed by atoms with van der Waals surface area (Å²) in [5.74, 6) is 6.18. The molecule has 2 rings (SSSR count). The number of H-pyrrole nitrogens is 1. The predicted octanol–water partition coefficient (Wildman–Crippen LogP) is -1.04. The van der Waals surface area contributed by atoms with Crippen LogP contribution in [0, 0.1) is 0 Å². The Balaban J connectivity index is 2.55. The molecule has 62 valence electrons. The lowest BCUT2D eigenvalue weighted by molar-refractivity contribution is 1.02. The number of aromatic nitrogens is 5. The fourth-order valence-corrected chi connectivity index (χ4v) is 0.873. The van der Waals surface area contributed by atoms with Crippen molar-refractivity contribution in [3.8, 4) is 11.4 Å². The third-order valence-corrected chi connectivity index (χ3v) is 1.48. The van der Waals surface area contributed by atoms with Gasteiger partial charge in [0, 0.05) is 6.20 Å². The van der Waals surface area contributed by atoms with Gasteiger partial charge in [-0.25, -0.2) is 4.68 Å². The Morgan fingerprint density at radius 2 is 2.25 bits per heavy atom. The van der Waals surface area contributed by atoms with Gasteiger partial charge >= 0.3 is 0 Å². The molecule has 0 bridgehead atoms. The van der Waals surface area contributed by atoms with Gasteiger partial charge in [0.2, 0.25) is 5.95 Å². The largest absolute Gasteiger partial charge is 0.366 e. The molecule has 0 radical (unpaired) electrons. The highest BCUT2D eigenvalue weighted by Gasteiger charge is 2.08. The molecule has 0 saturated heterocycles. The molecule has 0 aliphatic rings. The van der Waals surface area contributed by atoms with Gasteiger partial charge in [-0.3, -0.25) is 5.10 Å². The van der Waals surface area contributed by atoms with Gasteiger partial charge < -0.3 is 11.6 Å². The molecule has 5 N–H and O–H groups in total. The van der Waals surface area contributed by atoms with E-state index in [9.17, 15) is 0 Å². The van der Waals surface area contributed by atoms with Crippen molar-refractivity contribution < 1.29 is 0 Å². The zero-order chi connectivity index (χ0) is 8.55. The van der Waals surface area contributed by atoms with Crippen molar-refractivity contribution in [2.45, 2.75) is 0 Å². The van der Waals surface area contributed by atoms with Crippen LogP contribution in [0.15, 0.2) is 12.4 Å². The minimum absolute atomic E-state index is 0.172. The lowest BCUT2D eigenvalue weighted by Crippen LogP contribution is -2.13. The summed E-state index contributed by atoms with van der Waals surface area (Å²) < 4.78 is 1.20. The highest BCUT2D eigenvalue weighted by Crippen LogP contribution is 2.13. The van der Waals surface area contributed by atoms with E-state index in [1.165, 1.54) is 4.68 Å². The van der Waals surface area contributed by atoms with Crippen LogP contribution < -0.4 is 11.6 Å². The Kier molecular flexibility index (Phi) is 1.23. The highest BCUT2D eigenvalue weighted by atomic mass is 15.4. The van der Waals surface area contributed by atoms with Gasteiger partial charge in [0.25, 0.3) is 0 Å². The zero-order valence-corrected chi connectivity index (χ0v) is 6.10. The quantitative estimate of drug-likeness (QED) is 0.467. The van der Waals surface area contributed by atoms with Gasteiger partial charge in [-0.2, -0.15) is 5.10 Å². The second-order valence-corrected chi connectivity index (χ2v) is 2.24. The van der Waals surface area contributed by atoms with E-state index in [1.54, 1.807) is 12.4 Å². The van der Waals surface area contributed by atoms with Gasteiger partial charge in [0.15, 0.2) is 5.82 Å². The summed E-state index contributed by atoms with van der Waals surface area (Å²) in [4.78, 5) is 0. The number of nitrogens with zero attached hydrogens (tertiary/aromatic N) is 4. The molecule has 0 unspecified atom stereocenters. The van der Waals surface area contributed by atoms with Crippen LogP contribution >= 0.6 is 0 Å². The van der Waals surface area contributed by atoms with Crippen LogP contribution in [0.1, 0.15) is 0 Å². The first kappa shape index (κ1) is 6.65. The number of rotatable bonds is 1. The number of anilines is 1. The maximum absolute atomic E-state index is 5.52. The van der Waals surface area contributed by atoms with Crippen LogP contribution in [0.25, 0.3) is 11.4 Å². The monoisotopic (exact) mass is 165 g/mol. The minimum Gasteiger partial charge on any atom is -0.366 e. The maximum atomic E-state index is 5.52. The van der Waals surface area contributed by atoms with E-state index < -0.39 is 0 Å². The van der Waals surface area contributed by atoms with E-state index in [0.717, 1.165) is 5.56 Å². The number of hydrogen-bond acceptors (Lipinski definition) is 5. The molecule has 0 fully saturated rings. The third kappa shape index (κ3) is 0.797. The van der Waals surface area contributed by atoms with Crippen LogP contribution in [0.3, 0.4) is 0 Å². The summed E-state index contributed by atoms with van der Waals surface area (Å²) in [6, 6.07) is 0. The first-order valence-electron chi connectivity index (χ1n) is 3.24. The topological polar surface area (TPSA) is 111 Å². The molecule has 0 amide bonds. The Hall–Kier alpha value is -2.05. The first-order chi connectivity index (χ1) is 5.79. The molecule has 0 aromatic carbocycles. The lowest BCUT2D eigenvalue weighted by Gasteiger charge is -1.95. The Morgan fingerprint density at radius 3 is 2.75 bits per heavy atom. The second-order valence-electron chi connectivity index (χ2n) is 2.24. The van der Waals surface area contributed by atoms with E-state index in [0.29, 0.717) is 5.82 Å². The van der Waals surface area contributed by atoms with Crippen LogP contribution in [-0.2, 0) is 0 Å². The number of hydrogen-bond donors (Lipinski definition) is 3. The van der Waals surface area contributed by atoms with Crippen molar-refractivity contribution in [2.75, 3.05) is 11.6 Å². The molecule has 0 aliphatic heterocycles. The Morgan fingerprint density at radius 1 is 1.42 bits per heavy atom. The summed E-state index contributed by atoms with van der Waals surface area (Å²) in [6.07, 6.45) is 3.25. The summed E-state index contributed by atoms with van der Waals surface area (Å²) in [5.41, 5.74) is 6.13. The number of nitrogens with one attached hydrogen (secondary N) is 1. The van der Waals surface area contributed by atoms with Gasteiger partial charge in [-0.1, -0.05) is 0 Å². The summed E-state index contributed by atoms with van der Waals surface area (Å²) in [7, 11) is 0.